The highest BCUT2D eigenvalue weighted by atomic mass is 32.2. The molecular weight excluding hydrogens is 424 g/mol. The van der Waals surface area contributed by atoms with Crippen molar-refractivity contribution in [3.63, 3.8) is 0 Å². The van der Waals surface area contributed by atoms with E-state index in [9.17, 15) is 18.0 Å². The fraction of sp³-hybridized carbons (Fsp3) is 0.333. The molecule has 1 aliphatic rings. The molecule has 9 heteroatoms. The first kappa shape index (κ1) is 22.3. The van der Waals surface area contributed by atoms with E-state index < -0.39 is 22.1 Å². The lowest BCUT2D eigenvalue weighted by atomic mass is 10.2. The smallest absolute Gasteiger partial charge is 0.340 e. The summed E-state index contributed by atoms with van der Waals surface area (Å²) >= 11 is 1.43. The van der Waals surface area contributed by atoms with Gasteiger partial charge in [0.15, 0.2) is 6.10 Å². The SMILES string of the molecule is CSc1ccccc1C(=O)OC(C)C(=O)N1CCN(S(=O)(=O)c2ccccc2)CC1. The van der Waals surface area contributed by atoms with Crippen molar-refractivity contribution in [2.24, 2.45) is 0 Å². The molecule has 1 atom stereocenters. The monoisotopic (exact) mass is 448 g/mol. The van der Waals surface area contributed by atoms with Crippen LogP contribution in [0.3, 0.4) is 0 Å². The van der Waals surface area contributed by atoms with Gasteiger partial charge in [0.2, 0.25) is 10.0 Å². The molecular formula is C21H24N2O5S2. The molecule has 0 aromatic heterocycles. The number of sulfonamides is 1. The Morgan fingerprint density at radius 2 is 1.57 bits per heavy atom. The summed E-state index contributed by atoms with van der Waals surface area (Å²) in [6.45, 7) is 2.41. The Morgan fingerprint density at radius 3 is 2.20 bits per heavy atom. The Kier molecular flexibility index (Phi) is 7.17. The summed E-state index contributed by atoms with van der Waals surface area (Å²) in [6, 6.07) is 15.3. The minimum atomic E-state index is -3.59. The van der Waals surface area contributed by atoms with Crippen LogP contribution in [0.1, 0.15) is 17.3 Å². The maximum absolute atomic E-state index is 12.7. The van der Waals surface area contributed by atoms with Crippen molar-refractivity contribution in [1.82, 2.24) is 9.21 Å². The lowest BCUT2D eigenvalue weighted by Gasteiger charge is -2.35. The molecule has 1 heterocycles. The van der Waals surface area contributed by atoms with E-state index in [4.69, 9.17) is 4.74 Å². The number of rotatable bonds is 6. The summed E-state index contributed by atoms with van der Waals surface area (Å²) in [5.74, 6) is -0.882. The highest BCUT2D eigenvalue weighted by molar-refractivity contribution is 7.98. The number of carbonyl (C=O) groups is 2. The maximum atomic E-state index is 12.7. The van der Waals surface area contributed by atoms with Gasteiger partial charge in [-0.25, -0.2) is 13.2 Å². The van der Waals surface area contributed by atoms with E-state index in [1.807, 2.05) is 18.4 Å². The molecule has 1 aliphatic heterocycles. The lowest BCUT2D eigenvalue weighted by Crippen LogP contribution is -2.52. The first-order valence-corrected chi connectivity index (χ1v) is 12.2. The van der Waals surface area contributed by atoms with Gasteiger partial charge in [0, 0.05) is 31.1 Å². The summed E-state index contributed by atoms with van der Waals surface area (Å²) in [7, 11) is -3.59. The second kappa shape index (κ2) is 9.63. The van der Waals surface area contributed by atoms with Crippen molar-refractivity contribution in [2.45, 2.75) is 22.8 Å². The average molecular weight is 449 g/mol. The van der Waals surface area contributed by atoms with Gasteiger partial charge in [-0.1, -0.05) is 30.3 Å². The van der Waals surface area contributed by atoms with Gasteiger partial charge in [-0.2, -0.15) is 4.31 Å². The first-order chi connectivity index (χ1) is 14.3. The summed E-state index contributed by atoms with van der Waals surface area (Å²) in [5.41, 5.74) is 0.420. The highest BCUT2D eigenvalue weighted by Crippen LogP contribution is 2.22. The van der Waals surface area contributed by atoms with Gasteiger partial charge >= 0.3 is 5.97 Å². The van der Waals surface area contributed by atoms with Gasteiger partial charge in [0.1, 0.15) is 0 Å². The zero-order chi connectivity index (χ0) is 21.7. The molecule has 0 aliphatic carbocycles. The molecule has 1 saturated heterocycles. The molecule has 3 rings (SSSR count). The van der Waals surface area contributed by atoms with Crippen LogP contribution in [0.25, 0.3) is 0 Å². The van der Waals surface area contributed by atoms with Crippen molar-refractivity contribution < 1.29 is 22.7 Å². The maximum Gasteiger partial charge on any atom is 0.340 e. The number of nitrogens with zero attached hydrogens (tertiary/aromatic N) is 2. The van der Waals surface area contributed by atoms with Gasteiger partial charge in [-0.3, -0.25) is 4.79 Å². The number of carbonyl (C=O) groups excluding carboxylic acids is 2. The van der Waals surface area contributed by atoms with Crippen molar-refractivity contribution in [2.75, 3.05) is 32.4 Å². The van der Waals surface area contributed by atoms with E-state index in [1.165, 1.54) is 27.9 Å². The normalized spacial score (nSPS) is 16.1. The molecule has 0 radical (unpaired) electrons. The van der Waals surface area contributed by atoms with Gasteiger partial charge in [-0.15, -0.1) is 11.8 Å². The van der Waals surface area contributed by atoms with Crippen LogP contribution in [-0.2, 0) is 19.6 Å². The largest absolute Gasteiger partial charge is 0.449 e. The predicted molar refractivity (Wildman–Crippen MR) is 115 cm³/mol. The van der Waals surface area contributed by atoms with Crippen LogP contribution in [0, 0.1) is 0 Å². The Hall–Kier alpha value is -2.36. The van der Waals surface area contributed by atoms with E-state index in [0.29, 0.717) is 5.56 Å². The lowest BCUT2D eigenvalue weighted by molar-refractivity contribution is -0.141. The summed E-state index contributed by atoms with van der Waals surface area (Å²) < 4.78 is 32.2. The Morgan fingerprint density at radius 1 is 0.967 bits per heavy atom. The molecule has 2 aromatic rings. The van der Waals surface area contributed by atoms with Crippen molar-refractivity contribution >= 4 is 33.7 Å². The molecule has 2 aromatic carbocycles. The molecule has 1 amide bonds. The van der Waals surface area contributed by atoms with Crippen molar-refractivity contribution in [3.8, 4) is 0 Å². The topological polar surface area (TPSA) is 84.0 Å². The third-order valence-electron chi connectivity index (χ3n) is 4.89. The number of amides is 1. The third-order valence-corrected chi connectivity index (χ3v) is 7.60. The van der Waals surface area contributed by atoms with Gasteiger partial charge in [0.05, 0.1) is 10.5 Å². The van der Waals surface area contributed by atoms with Crippen LogP contribution in [0.4, 0.5) is 0 Å². The molecule has 0 N–H and O–H groups in total. The molecule has 1 unspecified atom stereocenters. The standard InChI is InChI=1S/C21H24N2O5S2/c1-16(28-21(25)18-10-6-7-11-19(18)29-2)20(24)22-12-14-23(15-13-22)30(26,27)17-8-4-3-5-9-17/h3-11,16H,12-15H2,1-2H3. The number of hydrogen-bond donors (Lipinski definition) is 0. The number of hydrogen-bond acceptors (Lipinski definition) is 6. The van der Waals surface area contributed by atoms with Gasteiger partial charge in [0.25, 0.3) is 5.91 Å². The fourth-order valence-electron chi connectivity index (χ4n) is 3.24. The second-order valence-corrected chi connectivity index (χ2v) is 9.58. The first-order valence-electron chi connectivity index (χ1n) is 9.52. The van der Waals surface area contributed by atoms with Crippen LogP contribution in [-0.4, -0.2) is 68.0 Å². The molecule has 0 spiro atoms. The van der Waals surface area contributed by atoms with E-state index in [-0.39, 0.29) is 37.0 Å². The Balaban J connectivity index is 1.59. The minimum absolute atomic E-state index is 0.193. The number of benzene rings is 2. The van der Waals surface area contributed by atoms with Crippen LogP contribution < -0.4 is 0 Å². The van der Waals surface area contributed by atoms with Crippen LogP contribution in [0.15, 0.2) is 64.4 Å². The molecule has 1 fully saturated rings. The van der Waals surface area contributed by atoms with E-state index >= 15 is 0 Å². The highest BCUT2D eigenvalue weighted by Gasteiger charge is 2.32. The second-order valence-electron chi connectivity index (χ2n) is 6.79. The summed E-state index contributed by atoms with van der Waals surface area (Å²) in [5, 5.41) is 0. The van der Waals surface area contributed by atoms with E-state index in [0.717, 1.165) is 4.90 Å². The molecule has 30 heavy (non-hydrogen) atoms. The van der Waals surface area contributed by atoms with E-state index in [2.05, 4.69) is 0 Å². The zero-order valence-electron chi connectivity index (χ0n) is 16.9. The predicted octanol–water partition coefficient (Wildman–Crippen LogP) is 2.49. The van der Waals surface area contributed by atoms with E-state index in [1.54, 1.807) is 42.5 Å². The van der Waals surface area contributed by atoms with Crippen LogP contribution in [0.5, 0.6) is 0 Å². The van der Waals surface area contributed by atoms with Crippen molar-refractivity contribution in [1.29, 1.82) is 0 Å². The van der Waals surface area contributed by atoms with Gasteiger partial charge < -0.3 is 9.64 Å². The van der Waals surface area contributed by atoms with Crippen LogP contribution >= 0.6 is 11.8 Å². The fourth-order valence-corrected chi connectivity index (χ4v) is 5.26. The minimum Gasteiger partial charge on any atom is -0.449 e. The summed E-state index contributed by atoms with van der Waals surface area (Å²) in [4.78, 5) is 27.7. The summed E-state index contributed by atoms with van der Waals surface area (Å²) in [6.07, 6.45) is 0.911. The Bertz CT molecular complexity index is 1000. The molecule has 0 saturated carbocycles. The molecule has 160 valence electrons. The zero-order valence-corrected chi connectivity index (χ0v) is 18.5. The quantitative estimate of drug-likeness (QED) is 0.499. The average Bonchev–Trinajstić information content (AvgIpc) is 2.79. The number of piperazine rings is 1. The molecule has 7 nitrogen and oxygen atoms in total. The van der Waals surface area contributed by atoms with Crippen molar-refractivity contribution in [3.05, 3.63) is 60.2 Å². The Labute approximate surface area is 181 Å². The number of esters is 1. The number of ether oxygens (including phenoxy) is 1. The van der Waals surface area contributed by atoms with Gasteiger partial charge in [-0.05, 0) is 37.4 Å². The molecule has 0 bridgehead atoms. The number of thioether (sulfide) groups is 1. The third kappa shape index (κ3) is 4.85. The van der Waals surface area contributed by atoms with Crippen LogP contribution in [0.2, 0.25) is 0 Å².